The van der Waals surface area contributed by atoms with E-state index >= 15 is 0 Å². The molecule has 3 rings (SSSR count). The summed E-state index contributed by atoms with van der Waals surface area (Å²) in [5, 5.41) is 9.52. The Morgan fingerprint density at radius 2 is 1.69 bits per heavy atom. The summed E-state index contributed by atoms with van der Waals surface area (Å²) in [6.07, 6.45) is 0. The standard InChI is InChI=1S/C20H20ClN3O2/c21-18-5-1-17(2-6-18)14-23-9-11-24(12-10-23)20(25)15-26-19-7-3-16(13-22)4-8-19/h1-8H,9-12,14-15H2. The Morgan fingerprint density at radius 1 is 1.04 bits per heavy atom. The predicted molar refractivity (Wildman–Crippen MR) is 100.0 cm³/mol. The third-order valence-electron chi connectivity index (χ3n) is 4.39. The first-order valence-corrected chi connectivity index (χ1v) is 8.89. The van der Waals surface area contributed by atoms with E-state index in [-0.39, 0.29) is 12.5 Å². The van der Waals surface area contributed by atoms with Crippen LogP contribution in [0.25, 0.3) is 0 Å². The molecule has 2 aromatic rings. The molecule has 0 atom stereocenters. The monoisotopic (exact) mass is 369 g/mol. The molecule has 0 aliphatic carbocycles. The zero-order chi connectivity index (χ0) is 18.4. The molecule has 1 aliphatic rings. The first kappa shape index (κ1) is 18.2. The van der Waals surface area contributed by atoms with Gasteiger partial charge in [0.2, 0.25) is 0 Å². The second-order valence-corrected chi connectivity index (χ2v) is 6.64. The number of hydrogen-bond donors (Lipinski definition) is 0. The maximum absolute atomic E-state index is 12.3. The van der Waals surface area contributed by atoms with Gasteiger partial charge in [-0.2, -0.15) is 5.26 Å². The largest absolute Gasteiger partial charge is 0.484 e. The van der Waals surface area contributed by atoms with Crippen LogP contribution in [0.15, 0.2) is 48.5 Å². The molecule has 6 heteroatoms. The minimum Gasteiger partial charge on any atom is -0.484 e. The number of amides is 1. The van der Waals surface area contributed by atoms with Gasteiger partial charge in [0.25, 0.3) is 5.91 Å². The molecule has 5 nitrogen and oxygen atoms in total. The molecular formula is C20H20ClN3O2. The van der Waals surface area contributed by atoms with Crippen LogP contribution in [0.3, 0.4) is 0 Å². The Bertz CT molecular complexity index is 776. The van der Waals surface area contributed by atoms with Crippen molar-refractivity contribution in [2.24, 2.45) is 0 Å². The Hall–Kier alpha value is -2.55. The van der Waals surface area contributed by atoms with Gasteiger partial charge in [0.05, 0.1) is 11.6 Å². The van der Waals surface area contributed by atoms with E-state index < -0.39 is 0 Å². The van der Waals surface area contributed by atoms with E-state index in [9.17, 15) is 4.79 Å². The number of ether oxygens (including phenoxy) is 1. The van der Waals surface area contributed by atoms with Crippen LogP contribution in [-0.4, -0.2) is 48.5 Å². The molecule has 0 spiro atoms. The molecule has 0 bridgehead atoms. The average Bonchev–Trinajstić information content (AvgIpc) is 2.69. The van der Waals surface area contributed by atoms with Gasteiger partial charge in [-0.25, -0.2) is 0 Å². The van der Waals surface area contributed by atoms with Gasteiger partial charge in [-0.15, -0.1) is 0 Å². The van der Waals surface area contributed by atoms with Crippen LogP contribution in [0.2, 0.25) is 5.02 Å². The molecule has 1 heterocycles. The van der Waals surface area contributed by atoms with Gasteiger partial charge < -0.3 is 9.64 Å². The number of carbonyl (C=O) groups excluding carboxylic acids is 1. The van der Waals surface area contributed by atoms with Crippen molar-refractivity contribution in [2.45, 2.75) is 6.54 Å². The maximum atomic E-state index is 12.3. The van der Waals surface area contributed by atoms with Crippen molar-refractivity contribution in [3.8, 4) is 11.8 Å². The van der Waals surface area contributed by atoms with Crippen molar-refractivity contribution in [2.75, 3.05) is 32.8 Å². The van der Waals surface area contributed by atoms with Crippen LogP contribution >= 0.6 is 11.6 Å². The van der Waals surface area contributed by atoms with Crippen LogP contribution in [0, 0.1) is 11.3 Å². The number of piperazine rings is 1. The molecular weight excluding hydrogens is 350 g/mol. The highest BCUT2D eigenvalue weighted by Crippen LogP contribution is 2.14. The topological polar surface area (TPSA) is 56.6 Å². The van der Waals surface area contributed by atoms with Crippen LogP contribution in [-0.2, 0) is 11.3 Å². The zero-order valence-electron chi connectivity index (χ0n) is 14.4. The van der Waals surface area contributed by atoms with Gasteiger partial charge in [0, 0.05) is 37.7 Å². The van der Waals surface area contributed by atoms with E-state index in [1.54, 1.807) is 24.3 Å². The van der Waals surface area contributed by atoms with E-state index in [4.69, 9.17) is 21.6 Å². The highest BCUT2D eigenvalue weighted by molar-refractivity contribution is 6.30. The first-order chi connectivity index (χ1) is 12.6. The van der Waals surface area contributed by atoms with Gasteiger partial charge in [0.1, 0.15) is 5.75 Å². The number of carbonyl (C=O) groups is 1. The second-order valence-electron chi connectivity index (χ2n) is 6.21. The number of nitrogens with zero attached hydrogens (tertiary/aromatic N) is 3. The predicted octanol–water partition coefficient (Wildman–Crippen LogP) is 2.93. The zero-order valence-corrected chi connectivity index (χ0v) is 15.2. The van der Waals surface area contributed by atoms with E-state index in [1.165, 1.54) is 5.56 Å². The molecule has 26 heavy (non-hydrogen) atoms. The normalized spacial score (nSPS) is 14.7. The molecule has 1 amide bonds. The molecule has 0 aromatic heterocycles. The lowest BCUT2D eigenvalue weighted by Gasteiger charge is -2.34. The molecule has 0 radical (unpaired) electrons. The van der Waals surface area contributed by atoms with E-state index in [0.717, 1.165) is 24.7 Å². The van der Waals surface area contributed by atoms with Gasteiger partial charge in [-0.1, -0.05) is 23.7 Å². The Balaban J connectivity index is 1.42. The third kappa shape index (κ3) is 4.98. The molecule has 1 aliphatic heterocycles. The van der Waals surface area contributed by atoms with Crippen molar-refractivity contribution in [3.63, 3.8) is 0 Å². The summed E-state index contributed by atoms with van der Waals surface area (Å²) in [5.41, 5.74) is 1.79. The maximum Gasteiger partial charge on any atom is 0.260 e. The van der Waals surface area contributed by atoms with E-state index in [0.29, 0.717) is 24.4 Å². The lowest BCUT2D eigenvalue weighted by atomic mass is 10.2. The van der Waals surface area contributed by atoms with Crippen molar-refractivity contribution in [1.82, 2.24) is 9.80 Å². The average molecular weight is 370 g/mol. The highest BCUT2D eigenvalue weighted by Gasteiger charge is 2.21. The molecule has 0 saturated carbocycles. The van der Waals surface area contributed by atoms with Crippen LogP contribution in [0.5, 0.6) is 5.75 Å². The fourth-order valence-electron chi connectivity index (χ4n) is 2.87. The SMILES string of the molecule is N#Cc1ccc(OCC(=O)N2CCN(Cc3ccc(Cl)cc3)CC2)cc1. The third-order valence-corrected chi connectivity index (χ3v) is 4.64. The number of benzene rings is 2. The summed E-state index contributed by atoms with van der Waals surface area (Å²) in [5.74, 6) is 0.583. The minimum absolute atomic E-state index is 0.0134. The summed E-state index contributed by atoms with van der Waals surface area (Å²) < 4.78 is 5.53. The molecule has 0 unspecified atom stereocenters. The van der Waals surface area contributed by atoms with Crippen molar-refractivity contribution >= 4 is 17.5 Å². The summed E-state index contributed by atoms with van der Waals surface area (Å²) in [6.45, 7) is 3.95. The molecule has 134 valence electrons. The lowest BCUT2D eigenvalue weighted by molar-refractivity contribution is -0.135. The summed E-state index contributed by atoms with van der Waals surface area (Å²) >= 11 is 5.91. The van der Waals surface area contributed by atoms with Crippen molar-refractivity contribution in [3.05, 3.63) is 64.7 Å². The van der Waals surface area contributed by atoms with Crippen molar-refractivity contribution < 1.29 is 9.53 Å². The van der Waals surface area contributed by atoms with Crippen molar-refractivity contribution in [1.29, 1.82) is 5.26 Å². The van der Waals surface area contributed by atoms with E-state index in [2.05, 4.69) is 11.0 Å². The number of nitriles is 1. The molecule has 1 saturated heterocycles. The molecule has 0 N–H and O–H groups in total. The van der Waals surface area contributed by atoms with Gasteiger partial charge in [0.15, 0.2) is 6.61 Å². The van der Waals surface area contributed by atoms with Crippen LogP contribution < -0.4 is 4.74 Å². The number of hydrogen-bond acceptors (Lipinski definition) is 4. The fraction of sp³-hybridized carbons (Fsp3) is 0.300. The van der Waals surface area contributed by atoms with Crippen LogP contribution in [0.4, 0.5) is 0 Å². The minimum atomic E-state index is -0.0134. The van der Waals surface area contributed by atoms with E-state index in [1.807, 2.05) is 29.2 Å². The summed E-state index contributed by atoms with van der Waals surface area (Å²) in [7, 11) is 0. The lowest BCUT2D eigenvalue weighted by Crippen LogP contribution is -2.49. The Labute approximate surface area is 158 Å². The van der Waals surface area contributed by atoms with Gasteiger partial charge in [-0.3, -0.25) is 9.69 Å². The Kier molecular flexibility index (Phi) is 6.11. The van der Waals surface area contributed by atoms with Crippen LogP contribution in [0.1, 0.15) is 11.1 Å². The number of rotatable bonds is 5. The van der Waals surface area contributed by atoms with Gasteiger partial charge >= 0.3 is 0 Å². The summed E-state index contributed by atoms with van der Waals surface area (Å²) in [6, 6.07) is 16.7. The number of halogens is 1. The smallest absolute Gasteiger partial charge is 0.260 e. The Morgan fingerprint density at radius 3 is 2.31 bits per heavy atom. The fourth-order valence-corrected chi connectivity index (χ4v) is 2.99. The first-order valence-electron chi connectivity index (χ1n) is 8.51. The highest BCUT2D eigenvalue weighted by atomic mass is 35.5. The quantitative estimate of drug-likeness (QED) is 0.813. The molecule has 2 aromatic carbocycles. The second kappa shape index (κ2) is 8.70. The molecule has 1 fully saturated rings. The summed E-state index contributed by atoms with van der Waals surface area (Å²) in [4.78, 5) is 16.5. The van der Waals surface area contributed by atoms with Gasteiger partial charge in [-0.05, 0) is 42.0 Å².